The summed E-state index contributed by atoms with van der Waals surface area (Å²) in [5.41, 5.74) is 0.566. The van der Waals surface area contributed by atoms with Gasteiger partial charge in [0.25, 0.3) is 5.56 Å². The first-order valence-corrected chi connectivity index (χ1v) is 13.8. The van der Waals surface area contributed by atoms with Crippen LogP contribution in [0.15, 0.2) is 41.3 Å². The van der Waals surface area contributed by atoms with E-state index >= 15 is 0 Å². The number of esters is 1. The van der Waals surface area contributed by atoms with Gasteiger partial charge in [-0.05, 0) is 31.4 Å². The van der Waals surface area contributed by atoms with Crippen molar-refractivity contribution in [1.29, 1.82) is 0 Å². The lowest BCUT2D eigenvalue weighted by Crippen LogP contribution is -2.65. The van der Waals surface area contributed by atoms with Crippen LogP contribution in [-0.4, -0.2) is 64.3 Å². The largest absolute Gasteiger partial charge is 0.469 e. The number of methoxy groups -OCH3 is 1. The summed E-state index contributed by atoms with van der Waals surface area (Å²) in [7, 11) is 1.33. The van der Waals surface area contributed by atoms with Gasteiger partial charge in [-0.1, -0.05) is 43.5 Å². The van der Waals surface area contributed by atoms with Crippen molar-refractivity contribution in [2.75, 3.05) is 31.8 Å². The Morgan fingerprint density at radius 1 is 1.23 bits per heavy atom. The van der Waals surface area contributed by atoms with Gasteiger partial charge < -0.3 is 19.7 Å². The molecule has 2 aliphatic heterocycles. The number of carbonyl (C=O) groups is 2. The van der Waals surface area contributed by atoms with Gasteiger partial charge in [0.2, 0.25) is 11.7 Å². The van der Waals surface area contributed by atoms with Gasteiger partial charge in [-0.3, -0.25) is 23.4 Å². The molecule has 0 aliphatic carbocycles. The zero-order valence-corrected chi connectivity index (χ0v) is 23.1. The van der Waals surface area contributed by atoms with E-state index in [-0.39, 0.29) is 31.1 Å². The molecular formula is C28H34ClN5O5. The number of anilines is 1. The van der Waals surface area contributed by atoms with Crippen molar-refractivity contribution in [2.24, 2.45) is 0 Å². The van der Waals surface area contributed by atoms with Gasteiger partial charge in [-0.2, -0.15) is 0 Å². The molecule has 208 valence electrons. The lowest BCUT2D eigenvalue weighted by Gasteiger charge is -2.42. The van der Waals surface area contributed by atoms with Crippen molar-refractivity contribution in [2.45, 2.75) is 63.6 Å². The lowest BCUT2D eigenvalue weighted by molar-refractivity contribution is -0.152. The minimum atomic E-state index is -0.764. The first-order chi connectivity index (χ1) is 18.8. The highest BCUT2D eigenvalue weighted by atomic mass is 35.5. The molecule has 0 spiro atoms. The van der Waals surface area contributed by atoms with E-state index in [2.05, 4.69) is 16.8 Å². The van der Waals surface area contributed by atoms with Gasteiger partial charge in [0, 0.05) is 35.9 Å². The molecule has 2 saturated heterocycles. The normalized spacial score (nSPS) is 18.2. The maximum absolute atomic E-state index is 13.6. The number of carbonyl (C=O) groups excluding carboxylic acids is 2. The predicted octanol–water partition coefficient (Wildman–Crippen LogP) is 3.42. The molecule has 11 heteroatoms. The maximum Gasteiger partial charge on any atom is 0.308 e. The van der Waals surface area contributed by atoms with Crippen LogP contribution in [0.5, 0.6) is 0 Å². The molecule has 0 bridgehead atoms. The molecule has 0 radical (unpaired) electrons. The van der Waals surface area contributed by atoms with E-state index in [1.807, 2.05) is 17.0 Å². The minimum absolute atomic E-state index is 0.0528. The van der Waals surface area contributed by atoms with Gasteiger partial charge in [-0.25, -0.2) is 4.98 Å². The molecule has 39 heavy (non-hydrogen) atoms. The van der Waals surface area contributed by atoms with Crippen molar-refractivity contribution in [3.05, 3.63) is 51.9 Å². The average Bonchev–Trinajstić information content (AvgIpc) is 3.57. The number of halogens is 1. The highest BCUT2D eigenvalue weighted by Gasteiger charge is 2.45. The number of nitrogens with zero attached hydrogens (tertiary/aromatic N) is 4. The third kappa shape index (κ3) is 5.53. The molecule has 4 heterocycles. The van der Waals surface area contributed by atoms with Crippen LogP contribution in [0, 0.1) is 0 Å². The topological polar surface area (TPSA) is 107 Å². The number of amides is 1. The molecule has 0 saturated carbocycles. The highest BCUT2D eigenvalue weighted by Crippen LogP contribution is 2.30. The van der Waals surface area contributed by atoms with Crippen LogP contribution in [0.25, 0.3) is 17.0 Å². The molecule has 3 aromatic rings. The van der Waals surface area contributed by atoms with Crippen molar-refractivity contribution in [1.82, 2.24) is 19.3 Å². The van der Waals surface area contributed by atoms with Crippen molar-refractivity contribution in [3.63, 3.8) is 0 Å². The summed E-state index contributed by atoms with van der Waals surface area (Å²) >= 11 is 6.07. The summed E-state index contributed by atoms with van der Waals surface area (Å²) in [6, 6.07) is 8.48. The van der Waals surface area contributed by atoms with Crippen LogP contribution in [0.4, 0.5) is 5.82 Å². The average molecular weight is 556 g/mol. The van der Waals surface area contributed by atoms with E-state index < -0.39 is 17.6 Å². The fourth-order valence-corrected chi connectivity index (χ4v) is 5.52. The zero-order chi connectivity index (χ0) is 27.6. The minimum Gasteiger partial charge on any atom is -0.469 e. The number of fused-ring (bicyclic) bond motifs is 1. The molecule has 1 N–H and O–H groups in total. The third-order valence-corrected chi connectivity index (χ3v) is 7.78. The molecule has 2 fully saturated rings. The van der Waals surface area contributed by atoms with E-state index in [9.17, 15) is 14.4 Å². The SMILES string of the molecule is CCCCCn1c(N2CCC[C@H]2C(=O)NC2(CC(=O)OC)COC2)cc(=O)n2cc(-c3ccc(Cl)cc3)nc12. The predicted molar refractivity (Wildman–Crippen MR) is 148 cm³/mol. The number of benzene rings is 1. The van der Waals surface area contributed by atoms with E-state index in [1.54, 1.807) is 28.8 Å². The van der Waals surface area contributed by atoms with E-state index in [4.69, 9.17) is 26.1 Å². The second kappa shape index (κ2) is 11.4. The van der Waals surface area contributed by atoms with Crippen LogP contribution in [0.3, 0.4) is 0 Å². The Morgan fingerprint density at radius 2 is 2.00 bits per heavy atom. The number of nitrogens with one attached hydrogen (secondary N) is 1. The summed E-state index contributed by atoms with van der Waals surface area (Å²) in [5, 5.41) is 3.69. The molecule has 0 unspecified atom stereocenters. The summed E-state index contributed by atoms with van der Waals surface area (Å²) in [6.07, 6.45) is 6.24. The van der Waals surface area contributed by atoms with Crippen LogP contribution >= 0.6 is 11.6 Å². The Morgan fingerprint density at radius 3 is 2.67 bits per heavy atom. The van der Waals surface area contributed by atoms with Crippen molar-refractivity contribution < 1.29 is 19.1 Å². The number of imidazole rings is 1. The molecular weight excluding hydrogens is 522 g/mol. The van der Waals surface area contributed by atoms with E-state index in [0.717, 1.165) is 31.2 Å². The smallest absolute Gasteiger partial charge is 0.308 e. The first-order valence-electron chi connectivity index (χ1n) is 13.5. The van der Waals surface area contributed by atoms with Crippen LogP contribution in [-0.2, 0) is 25.6 Å². The summed E-state index contributed by atoms with van der Waals surface area (Å²) in [5.74, 6) is 0.644. The van der Waals surface area contributed by atoms with Gasteiger partial charge in [0.05, 0.1) is 38.0 Å². The molecule has 10 nitrogen and oxygen atoms in total. The summed E-state index contributed by atoms with van der Waals surface area (Å²) < 4.78 is 13.8. The number of hydrogen-bond donors (Lipinski definition) is 1. The van der Waals surface area contributed by atoms with Crippen LogP contribution in [0.2, 0.25) is 5.02 Å². The van der Waals surface area contributed by atoms with Crippen LogP contribution < -0.4 is 15.8 Å². The summed E-state index contributed by atoms with van der Waals surface area (Å²) in [6.45, 7) is 3.96. The number of unbranched alkanes of at least 4 members (excludes halogenated alkanes) is 2. The van der Waals surface area contributed by atoms with E-state index in [1.165, 1.54) is 7.11 Å². The molecule has 2 aliphatic rings. The molecule has 5 rings (SSSR count). The van der Waals surface area contributed by atoms with Crippen LogP contribution in [0.1, 0.15) is 45.4 Å². The first kappa shape index (κ1) is 27.2. The monoisotopic (exact) mass is 555 g/mol. The van der Waals surface area contributed by atoms with Gasteiger partial charge in [-0.15, -0.1) is 0 Å². The molecule has 1 aromatic carbocycles. The van der Waals surface area contributed by atoms with Gasteiger partial charge in [0.1, 0.15) is 11.9 Å². The number of rotatable bonds is 10. The fraction of sp³-hybridized carbons (Fsp3) is 0.500. The number of aryl methyl sites for hydroxylation is 1. The third-order valence-electron chi connectivity index (χ3n) is 7.53. The maximum atomic E-state index is 13.6. The van der Waals surface area contributed by atoms with Crippen molar-refractivity contribution in [3.8, 4) is 11.3 Å². The lowest BCUT2D eigenvalue weighted by atomic mass is 9.92. The Kier molecular flexibility index (Phi) is 7.95. The molecule has 1 amide bonds. The number of aromatic nitrogens is 3. The second-order valence-electron chi connectivity index (χ2n) is 10.4. The quantitative estimate of drug-likeness (QED) is 0.302. The fourth-order valence-electron chi connectivity index (χ4n) is 5.39. The molecule has 2 aromatic heterocycles. The van der Waals surface area contributed by atoms with E-state index in [0.29, 0.717) is 41.8 Å². The Labute approximate surface area is 231 Å². The van der Waals surface area contributed by atoms with Crippen molar-refractivity contribution >= 4 is 35.1 Å². The number of ether oxygens (including phenoxy) is 2. The summed E-state index contributed by atoms with van der Waals surface area (Å²) in [4.78, 5) is 45.7. The zero-order valence-electron chi connectivity index (χ0n) is 22.3. The molecule has 1 atom stereocenters. The van der Waals surface area contributed by atoms with Gasteiger partial charge in [0.15, 0.2) is 0 Å². The standard InChI is InChI=1S/C28H34ClN5O5/c1-3-4-5-12-33-23(14-24(35)34-16-21(30-27(33)34)19-8-10-20(29)11-9-19)32-13-6-7-22(32)26(37)31-28(17-39-18-28)15-25(36)38-2/h8-11,14,16,22H,3-7,12-13,15,17-18H2,1-2H3,(H,31,37)/t22-/m0/s1. The Bertz CT molecular complexity index is 1410. The highest BCUT2D eigenvalue weighted by molar-refractivity contribution is 6.30. The van der Waals surface area contributed by atoms with Gasteiger partial charge >= 0.3 is 5.97 Å². The number of hydrogen-bond acceptors (Lipinski definition) is 7. The second-order valence-corrected chi connectivity index (χ2v) is 10.8. The Hall–Kier alpha value is -3.37. The Balaban J connectivity index is 1.50.